The lowest BCUT2D eigenvalue weighted by Crippen LogP contribution is -2.33. The summed E-state index contributed by atoms with van der Waals surface area (Å²) in [4.78, 5) is 22.6. The van der Waals surface area contributed by atoms with Gasteiger partial charge in [-0.3, -0.25) is 14.8 Å². The number of carbonyl (C=O) groups is 1. The van der Waals surface area contributed by atoms with E-state index in [4.69, 9.17) is 4.52 Å². The van der Waals surface area contributed by atoms with Gasteiger partial charge in [0, 0.05) is 25.7 Å². The lowest BCUT2D eigenvalue weighted by Gasteiger charge is -2.22. The van der Waals surface area contributed by atoms with Crippen LogP contribution in [0.25, 0.3) is 11.3 Å². The summed E-state index contributed by atoms with van der Waals surface area (Å²) in [6, 6.07) is 0.344. The van der Waals surface area contributed by atoms with Crippen LogP contribution in [-0.4, -0.2) is 38.5 Å². The number of rotatable bonds is 4. The van der Waals surface area contributed by atoms with Crippen LogP contribution in [0.15, 0.2) is 16.9 Å². The van der Waals surface area contributed by atoms with E-state index in [1.54, 1.807) is 13.1 Å². The molecule has 0 N–H and O–H groups in total. The first-order valence-electron chi connectivity index (χ1n) is 8.07. The summed E-state index contributed by atoms with van der Waals surface area (Å²) >= 11 is 0. The van der Waals surface area contributed by atoms with Crippen molar-refractivity contribution in [1.29, 1.82) is 0 Å². The fraction of sp³-hybridized carbons (Fsp3) is 0.529. The van der Waals surface area contributed by atoms with Crippen LogP contribution in [0, 0.1) is 13.8 Å². The van der Waals surface area contributed by atoms with Gasteiger partial charge in [-0.2, -0.15) is 0 Å². The SMILES string of the molecule is CC(=O)N1CCC[C@@H]1CCc1cnc(-c2c(C)noc2C)cn1. The third-order valence-corrected chi connectivity index (χ3v) is 4.51. The molecule has 23 heavy (non-hydrogen) atoms. The molecule has 0 bridgehead atoms. The van der Waals surface area contributed by atoms with Crippen LogP contribution >= 0.6 is 0 Å². The quantitative estimate of drug-likeness (QED) is 0.867. The van der Waals surface area contributed by atoms with E-state index in [2.05, 4.69) is 15.1 Å². The summed E-state index contributed by atoms with van der Waals surface area (Å²) in [5, 5.41) is 3.95. The van der Waals surface area contributed by atoms with E-state index < -0.39 is 0 Å². The summed E-state index contributed by atoms with van der Waals surface area (Å²) in [6.45, 7) is 6.31. The Morgan fingerprint density at radius 1 is 1.35 bits per heavy atom. The molecule has 1 aliphatic heterocycles. The van der Waals surface area contributed by atoms with E-state index in [1.807, 2.05) is 24.9 Å². The van der Waals surface area contributed by atoms with Gasteiger partial charge < -0.3 is 9.42 Å². The van der Waals surface area contributed by atoms with Gasteiger partial charge in [0.05, 0.1) is 28.8 Å². The Morgan fingerprint density at radius 2 is 2.17 bits per heavy atom. The molecule has 0 spiro atoms. The number of hydrogen-bond acceptors (Lipinski definition) is 5. The summed E-state index contributed by atoms with van der Waals surface area (Å²) in [6.07, 6.45) is 7.56. The van der Waals surface area contributed by atoms with Crippen LogP contribution in [0.1, 0.15) is 43.3 Å². The van der Waals surface area contributed by atoms with Crippen molar-refractivity contribution >= 4 is 5.91 Å². The van der Waals surface area contributed by atoms with Crippen LogP contribution in [0.2, 0.25) is 0 Å². The Labute approximate surface area is 135 Å². The molecule has 1 atom stereocenters. The van der Waals surface area contributed by atoms with Gasteiger partial charge in [-0.1, -0.05) is 5.16 Å². The first-order chi connectivity index (χ1) is 11.1. The molecule has 1 saturated heterocycles. The van der Waals surface area contributed by atoms with E-state index in [0.717, 1.165) is 60.6 Å². The van der Waals surface area contributed by atoms with Gasteiger partial charge in [0.2, 0.25) is 5.91 Å². The summed E-state index contributed by atoms with van der Waals surface area (Å²) in [5.74, 6) is 0.931. The van der Waals surface area contributed by atoms with Crippen molar-refractivity contribution in [3.63, 3.8) is 0 Å². The molecule has 0 aromatic carbocycles. The van der Waals surface area contributed by atoms with Crippen molar-refractivity contribution < 1.29 is 9.32 Å². The second-order valence-electron chi connectivity index (χ2n) is 6.14. The molecular weight excluding hydrogens is 292 g/mol. The molecule has 0 saturated carbocycles. The van der Waals surface area contributed by atoms with Crippen molar-refractivity contribution in [1.82, 2.24) is 20.0 Å². The fourth-order valence-electron chi connectivity index (χ4n) is 3.33. The molecule has 3 rings (SSSR count). The molecule has 2 aromatic heterocycles. The number of amides is 1. The van der Waals surface area contributed by atoms with Gasteiger partial charge >= 0.3 is 0 Å². The van der Waals surface area contributed by atoms with E-state index in [9.17, 15) is 4.79 Å². The lowest BCUT2D eigenvalue weighted by atomic mass is 10.1. The van der Waals surface area contributed by atoms with Crippen LogP contribution < -0.4 is 0 Å². The largest absolute Gasteiger partial charge is 0.361 e. The number of carbonyl (C=O) groups excluding carboxylic acids is 1. The van der Waals surface area contributed by atoms with E-state index >= 15 is 0 Å². The Kier molecular flexibility index (Phi) is 4.41. The van der Waals surface area contributed by atoms with Crippen LogP contribution in [0.5, 0.6) is 0 Å². The van der Waals surface area contributed by atoms with Gasteiger partial charge in [0.15, 0.2) is 0 Å². The first-order valence-corrected chi connectivity index (χ1v) is 8.07. The van der Waals surface area contributed by atoms with E-state index in [1.165, 1.54) is 0 Å². The molecule has 0 radical (unpaired) electrons. The normalized spacial score (nSPS) is 17.7. The maximum Gasteiger partial charge on any atom is 0.219 e. The predicted octanol–water partition coefficient (Wildman–Crippen LogP) is 2.69. The average Bonchev–Trinajstić information content (AvgIpc) is 3.13. The third-order valence-electron chi connectivity index (χ3n) is 4.51. The zero-order valence-electron chi connectivity index (χ0n) is 13.9. The summed E-state index contributed by atoms with van der Waals surface area (Å²) in [7, 11) is 0. The first kappa shape index (κ1) is 15.6. The van der Waals surface area contributed by atoms with Crippen LogP contribution in [0.3, 0.4) is 0 Å². The van der Waals surface area contributed by atoms with Gasteiger partial charge in [-0.15, -0.1) is 0 Å². The summed E-state index contributed by atoms with van der Waals surface area (Å²) in [5.41, 5.74) is 3.49. The highest BCUT2D eigenvalue weighted by Gasteiger charge is 2.26. The van der Waals surface area contributed by atoms with Crippen molar-refractivity contribution in [3.8, 4) is 11.3 Å². The van der Waals surface area contributed by atoms with Gasteiger partial charge in [0.1, 0.15) is 5.76 Å². The fourth-order valence-corrected chi connectivity index (χ4v) is 3.33. The van der Waals surface area contributed by atoms with Crippen molar-refractivity contribution in [3.05, 3.63) is 29.5 Å². The topological polar surface area (TPSA) is 72.1 Å². The predicted molar refractivity (Wildman–Crippen MR) is 85.7 cm³/mol. The molecule has 0 aliphatic carbocycles. The number of aryl methyl sites for hydroxylation is 3. The maximum absolute atomic E-state index is 11.6. The van der Waals surface area contributed by atoms with E-state index in [0.29, 0.717) is 6.04 Å². The maximum atomic E-state index is 11.6. The Bertz CT molecular complexity index is 674. The molecule has 0 unspecified atom stereocenters. The average molecular weight is 314 g/mol. The third kappa shape index (κ3) is 3.25. The van der Waals surface area contributed by atoms with Crippen molar-refractivity contribution in [2.75, 3.05) is 6.54 Å². The molecule has 6 heteroatoms. The highest BCUT2D eigenvalue weighted by Crippen LogP contribution is 2.25. The molecule has 2 aromatic rings. The van der Waals surface area contributed by atoms with Crippen molar-refractivity contribution in [2.24, 2.45) is 0 Å². The number of likely N-dealkylation sites (tertiary alicyclic amines) is 1. The van der Waals surface area contributed by atoms with Gasteiger partial charge in [0.25, 0.3) is 0 Å². The highest BCUT2D eigenvalue weighted by atomic mass is 16.5. The van der Waals surface area contributed by atoms with Gasteiger partial charge in [-0.05, 0) is 39.5 Å². The Hall–Kier alpha value is -2.24. The highest BCUT2D eigenvalue weighted by molar-refractivity contribution is 5.73. The zero-order valence-corrected chi connectivity index (χ0v) is 13.9. The lowest BCUT2D eigenvalue weighted by molar-refractivity contribution is -0.129. The van der Waals surface area contributed by atoms with Gasteiger partial charge in [-0.25, -0.2) is 0 Å². The van der Waals surface area contributed by atoms with E-state index in [-0.39, 0.29) is 5.91 Å². The minimum absolute atomic E-state index is 0.173. The second kappa shape index (κ2) is 6.48. The molecule has 122 valence electrons. The smallest absolute Gasteiger partial charge is 0.219 e. The number of aromatic nitrogens is 3. The molecule has 3 heterocycles. The standard InChI is InChI=1S/C17H22N4O2/c1-11-17(12(2)23-20-11)16-10-18-14(9-19-16)6-7-15-5-4-8-21(15)13(3)22/h9-10,15H,4-8H2,1-3H3/t15-/m1/s1. The van der Waals surface area contributed by atoms with Crippen LogP contribution in [0.4, 0.5) is 0 Å². The van der Waals surface area contributed by atoms with Crippen molar-refractivity contribution in [2.45, 2.75) is 52.5 Å². The monoisotopic (exact) mass is 314 g/mol. The molecule has 1 aliphatic rings. The molecule has 1 amide bonds. The second-order valence-corrected chi connectivity index (χ2v) is 6.14. The minimum atomic E-state index is 0.173. The summed E-state index contributed by atoms with van der Waals surface area (Å²) < 4.78 is 5.17. The number of hydrogen-bond donors (Lipinski definition) is 0. The Morgan fingerprint density at radius 3 is 2.78 bits per heavy atom. The molecule has 6 nitrogen and oxygen atoms in total. The van der Waals surface area contributed by atoms with Crippen LogP contribution in [-0.2, 0) is 11.2 Å². The zero-order chi connectivity index (χ0) is 16.4. The number of nitrogens with zero attached hydrogens (tertiary/aromatic N) is 4. The minimum Gasteiger partial charge on any atom is -0.361 e. The molecular formula is C17H22N4O2. The molecule has 1 fully saturated rings. The Balaban J connectivity index is 1.65.